The summed E-state index contributed by atoms with van der Waals surface area (Å²) in [6.45, 7) is 2.79. The molecule has 5 nitrogen and oxygen atoms in total. The van der Waals surface area contributed by atoms with Gasteiger partial charge in [0, 0.05) is 17.3 Å². The van der Waals surface area contributed by atoms with E-state index in [1.165, 1.54) is 11.3 Å². The van der Waals surface area contributed by atoms with Gasteiger partial charge in [-0.1, -0.05) is 25.5 Å². The summed E-state index contributed by atoms with van der Waals surface area (Å²) >= 11 is 0. The van der Waals surface area contributed by atoms with Crippen molar-refractivity contribution in [3.05, 3.63) is 46.8 Å². The summed E-state index contributed by atoms with van der Waals surface area (Å²) in [5.41, 5.74) is 11.1. The van der Waals surface area contributed by atoms with E-state index in [2.05, 4.69) is 36.5 Å². The molecule has 2 unspecified atom stereocenters. The summed E-state index contributed by atoms with van der Waals surface area (Å²) in [7, 11) is 0. The molecule has 2 aliphatic carbocycles. The van der Waals surface area contributed by atoms with Crippen LogP contribution < -0.4 is 11.1 Å². The fraction of sp³-hybridized carbons (Fsp3) is 0.524. The summed E-state index contributed by atoms with van der Waals surface area (Å²) in [4.78, 5) is 12.9. The van der Waals surface area contributed by atoms with Crippen molar-refractivity contribution in [2.45, 2.75) is 57.9 Å². The number of rotatable bonds is 5. The molecule has 1 saturated carbocycles. The Balaban J connectivity index is 1.62. The van der Waals surface area contributed by atoms with E-state index in [0.717, 1.165) is 56.2 Å². The minimum atomic E-state index is -0.0302. The van der Waals surface area contributed by atoms with Crippen molar-refractivity contribution >= 4 is 5.91 Å². The predicted molar refractivity (Wildman–Crippen MR) is 103 cm³/mol. The smallest absolute Gasteiger partial charge is 0.272 e. The molecule has 0 spiro atoms. The number of aromatic nitrogens is 2. The van der Waals surface area contributed by atoms with Crippen LogP contribution >= 0.6 is 0 Å². The van der Waals surface area contributed by atoms with E-state index in [4.69, 9.17) is 10.8 Å². The highest BCUT2D eigenvalue weighted by Gasteiger charge is 2.31. The minimum absolute atomic E-state index is 0.0302. The third kappa shape index (κ3) is 3.05. The van der Waals surface area contributed by atoms with Crippen LogP contribution in [0.15, 0.2) is 24.3 Å². The van der Waals surface area contributed by atoms with Gasteiger partial charge in [0.1, 0.15) is 0 Å². The van der Waals surface area contributed by atoms with Crippen LogP contribution in [0.25, 0.3) is 5.69 Å². The maximum Gasteiger partial charge on any atom is 0.272 e. The molecule has 0 aliphatic heterocycles. The number of fused-ring (bicyclic) bond motifs is 1. The summed E-state index contributed by atoms with van der Waals surface area (Å²) in [5, 5.41) is 7.94. The SMILES string of the molecule is CCc1ccc(-n2nc(C(=O)NC3CCCC3CN)c3c2CCC3)cc1. The van der Waals surface area contributed by atoms with Crippen molar-refractivity contribution < 1.29 is 4.79 Å². The molecule has 2 atom stereocenters. The molecule has 138 valence electrons. The normalized spacial score (nSPS) is 21.8. The Labute approximate surface area is 155 Å². The van der Waals surface area contributed by atoms with Crippen molar-refractivity contribution in [3.63, 3.8) is 0 Å². The van der Waals surface area contributed by atoms with E-state index >= 15 is 0 Å². The van der Waals surface area contributed by atoms with E-state index < -0.39 is 0 Å². The topological polar surface area (TPSA) is 72.9 Å². The minimum Gasteiger partial charge on any atom is -0.348 e. The zero-order valence-electron chi connectivity index (χ0n) is 15.5. The van der Waals surface area contributed by atoms with E-state index in [0.29, 0.717) is 18.2 Å². The number of carbonyl (C=O) groups excluding carboxylic acids is 1. The second-order valence-electron chi connectivity index (χ2n) is 7.57. The molecule has 1 amide bonds. The van der Waals surface area contributed by atoms with E-state index in [1.807, 2.05) is 4.68 Å². The lowest BCUT2D eigenvalue weighted by Crippen LogP contribution is -2.40. The zero-order chi connectivity index (χ0) is 18.1. The molecule has 1 aromatic carbocycles. The maximum atomic E-state index is 12.9. The highest BCUT2D eigenvalue weighted by atomic mass is 16.2. The van der Waals surface area contributed by atoms with Gasteiger partial charge in [-0.15, -0.1) is 0 Å². The van der Waals surface area contributed by atoms with Crippen LogP contribution in [0, 0.1) is 5.92 Å². The third-order valence-electron chi connectivity index (χ3n) is 6.01. The molecule has 1 heterocycles. The quantitative estimate of drug-likeness (QED) is 0.869. The van der Waals surface area contributed by atoms with Crippen LogP contribution in [0.3, 0.4) is 0 Å². The van der Waals surface area contributed by atoms with Crippen molar-refractivity contribution in [1.29, 1.82) is 0 Å². The van der Waals surface area contributed by atoms with Crippen molar-refractivity contribution in [1.82, 2.24) is 15.1 Å². The monoisotopic (exact) mass is 352 g/mol. The number of hydrogen-bond donors (Lipinski definition) is 2. The van der Waals surface area contributed by atoms with E-state index in [9.17, 15) is 4.79 Å². The molecular formula is C21H28N4O. The summed E-state index contributed by atoms with van der Waals surface area (Å²) in [6.07, 6.45) is 7.32. The molecule has 0 saturated heterocycles. The molecule has 0 bridgehead atoms. The fourth-order valence-electron chi connectivity index (χ4n) is 4.45. The Morgan fingerprint density at radius 2 is 2.04 bits per heavy atom. The second-order valence-corrected chi connectivity index (χ2v) is 7.57. The Hall–Kier alpha value is -2.14. The Morgan fingerprint density at radius 1 is 1.23 bits per heavy atom. The Morgan fingerprint density at radius 3 is 2.77 bits per heavy atom. The van der Waals surface area contributed by atoms with Crippen LogP contribution in [-0.2, 0) is 19.3 Å². The molecule has 3 N–H and O–H groups in total. The molecule has 2 aliphatic rings. The van der Waals surface area contributed by atoms with Crippen LogP contribution in [0.2, 0.25) is 0 Å². The summed E-state index contributed by atoms with van der Waals surface area (Å²) in [5.74, 6) is 0.369. The predicted octanol–water partition coefficient (Wildman–Crippen LogP) is 2.78. The number of nitrogens with one attached hydrogen (secondary N) is 1. The first-order chi connectivity index (χ1) is 12.7. The average Bonchev–Trinajstić information content (AvgIpc) is 3.38. The van der Waals surface area contributed by atoms with Gasteiger partial charge in [-0.2, -0.15) is 5.10 Å². The third-order valence-corrected chi connectivity index (χ3v) is 6.01. The lowest BCUT2D eigenvalue weighted by atomic mass is 10.0. The number of carbonyl (C=O) groups is 1. The van der Waals surface area contributed by atoms with Crippen molar-refractivity contribution in [2.24, 2.45) is 11.7 Å². The largest absolute Gasteiger partial charge is 0.348 e. The van der Waals surface area contributed by atoms with Gasteiger partial charge in [0.15, 0.2) is 5.69 Å². The molecule has 5 heteroatoms. The van der Waals surface area contributed by atoms with Gasteiger partial charge in [0.2, 0.25) is 0 Å². The van der Waals surface area contributed by atoms with Crippen LogP contribution in [0.4, 0.5) is 0 Å². The number of benzene rings is 1. The Bertz CT molecular complexity index is 793. The van der Waals surface area contributed by atoms with Gasteiger partial charge < -0.3 is 11.1 Å². The van der Waals surface area contributed by atoms with E-state index in [-0.39, 0.29) is 11.9 Å². The van der Waals surface area contributed by atoms with Gasteiger partial charge in [-0.25, -0.2) is 4.68 Å². The van der Waals surface area contributed by atoms with Crippen molar-refractivity contribution in [3.8, 4) is 5.69 Å². The van der Waals surface area contributed by atoms with Crippen molar-refractivity contribution in [2.75, 3.05) is 6.54 Å². The number of nitrogens with two attached hydrogens (primary N) is 1. The molecule has 2 aromatic rings. The Kier molecular flexibility index (Phi) is 4.81. The highest BCUT2D eigenvalue weighted by molar-refractivity contribution is 5.94. The number of aryl methyl sites for hydroxylation is 1. The lowest BCUT2D eigenvalue weighted by molar-refractivity contribution is 0.0922. The van der Waals surface area contributed by atoms with Crippen LogP contribution in [0.1, 0.15) is 59.9 Å². The summed E-state index contributed by atoms with van der Waals surface area (Å²) in [6, 6.07) is 8.69. The van der Waals surface area contributed by atoms with Crippen LogP contribution in [0.5, 0.6) is 0 Å². The molecule has 1 aromatic heterocycles. The summed E-state index contributed by atoms with van der Waals surface area (Å²) < 4.78 is 1.98. The highest BCUT2D eigenvalue weighted by Crippen LogP contribution is 2.29. The number of hydrogen-bond acceptors (Lipinski definition) is 3. The van der Waals surface area contributed by atoms with Gasteiger partial charge in [-0.3, -0.25) is 4.79 Å². The van der Waals surface area contributed by atoms with Gasteiger partial charge in [0.05, 0.1) is 5.69 Å². The molecule has 26 heavy (non-hydrogen) atoms. The number of amides is 1. The lowest BCUT2D eigenvalue weighted by Gasteiger charge is -2.19. The molecule has 1 fully saturated rings. The molecule has 0 radical (unpaired) electrons. The van der Waals surface area contributed by atoms with Gasteiger partial charge in [0.25, 0.3) is 5.91 Å². The van der Waals surface area contributed by atoms with Crippen LogP contribution in [-0.4, -0.2) is 28.3 Å². The standard InChI is InChI=1S/C21H28N4O/c1-2-14-9-11-16(12-10-14)25-19-8-4-6-17(19)20(24-25)21(26)23-18-7-3-5-15(18)13-22/h9-12,15,18H,2-8,13,22H2,1H3,(H,23,26). The molecule has 4 rings (SSSR count). The van der Waals surface area contributed by atoms with Gasteiger partial charge in [-0.05, 0) is 68.7 Å². The fourth-order valence-corrected chi connectivity index (χ4v) is 4.45. The molecular weight excluding hydrogens is 324 g/mol. The van der Waals surface area contributed by atoms with E-state index in [1.54, 1.807) is 0 Å². The second kappa shape index (κ2) is 7.23. The first-order valence-corrected chi connectivity index (χ1v) is 9.92. The first-order valence-electron chi connectivity index (χ1n) is 9.92. The first kappa shape index (κ1) is 17.3. The van der Waals surface area contributed by atoms with Gasteiger partial charge >= 0.3 is 0 Å². The number of nitrogens with zero attached hydrogens (tertiary/aromatic N) is 2. The average molecular weight is 352 g/mol. The zero-order valence-corrected chi connectivity index (χ0v) is 15.5. The maximum absolute atomic E-state index is 12.9.